The van der Waals surface area contributed by atoms with E-state index in [1.165, 1.54) is 0 Å². The Hall–Kier alpha value is 1.16. The zero-order valence-corrected chi connectivity index (χ0v) is 8.19. The molecule has 0 unspecified atom stereocenters. The fourth-order valence-electron chi connectivity index (χ4n) is 0.0952. The lowest BCUT2D eigenvalue weighted by Crippen LogP contribution is -2.27. The Labute approximate surface area is 75.4 Å². The topological polar surface area (TPSA) is 0 Å². The summed E-state index contributed by atoms with van der Waals surface area (Å²) in [6.45, 7) is 3.62. The molecule has 0 rings (SSSR count). The molecule has 0 atom stereocenters. The van der Waals surface area contributed by atoms with Crippen molar-refractivity contribution in [2.75, 3.05) is 0 Å². The van der Waals surface area contributed by atoms with E-state index < -0.39 is 15.1 Å². The summed E-state index contributed by atoms with van der Waals surface area (Å²) in [5.41, 5.74) is -0.438. The minimum atomic E-state index is -0.530. The van der Waals surface area contributed by atoms with E-state index in [-0.39, 0.29) is 0 Å². The van der Waals surface area contributed by atoms with Crippen molar-refractivity contribution >= 4 is 46.4 Å². The van der Waals surface area contributed by atoms with Crippen molar-refractivity contribution in [2.45, 2.75) is 23.5 Å². The van der Waals surface area contributed by atoms with Crippen molar-refractivity contribution in [3.05, 3.63) is 0 Å². The van der Waals surface area contributed by atoms with E-state index in [2.05, 4.69) is 0 Å². The second-order valence-electron chi connectivity index (χ2n) is 2.42. The van der Waals surface area contributed by atoms with E-state index in [9.17, 15) is 0 Å². The molecule has 4 heteroatoms. The normalized spacial score (nSPS) is 13.3. The molecule has 9 heavy (non-hydrogen) atoms. The van der Waals surface area contributed by atoms with Crippen LogP contribution in [0.2, 0.25) is 0 Å². The highest BCUT2D eigenvalue weighted by molar-refractivity contribution is 6.49. The molecule has 0 aromatic carbocycles. The molecule has 0 saturated carbocycles. The van der Waals surface area contributed by atoms with E-state index in [1.807, 2.05) is 13.8 Å². The second kappa shape index (κ2) is 3.52. The molecule has 0 aliphatic carbocycles. The summed E-state index contributed by atoms with van der Waals surface area (Å²) in [5, 5.41) is 0. The van der Waals surface area contributed by atoms with Crippen LogP contribution < -0.4 is 0 Å². The maximum absolute atomic E-state index is 5.56. The lowest BCUT2D eigenvalue weighted by molar-refractivity contribution is 0.433. The van der Waals surface area contributed by atoms with E-state index >= 15 is 0 Å². The van der Waals surface area contributed by atoms with Gasteiger partial charge in [-0.3, -0.25) is 0 Å². The van der Waals surface area contributed by atoms with E-state index in [0.29, 0.717) is 0 Å². The number of halogens is 4. The lowest BCUT2D eigenvalue weighted by atomic mass is 9.99. The van der Waals surface area contributed by atoms with E-state index in [1.54, 1.807) is 0 Å². The Morgan fingerprint density at radius 3 is 1.11 bits per heavy atom. The van der Waals surface area contributed by atoms with Crippen molar-refractivity contribution < 1.29 is 0 Å². The van der Waals surface area contributed by atoms with E-state index in [4.69, 9.17) is 46.4 Å². The highest BCUT2D eigenvalue weighted by Crippen LogP contribution is 2.37. The number of rotatable bonds is 2. The van der Waals surface area contributed by atoms with Gasteiger partial charge < -0.3 is 0 Å². The molecule has 0 spiro atoms. The standard InChI is InChI=1S/C5H8Cl4/c1-5(2,3(6)7)4(8)9/h3-4H,1-2H3. The van der Waals surface area contributed by atoms with Crippen LogP contribution >= 0.6 is 46.4 Å². The molecule has 0 aromatic heterocycles. The third kappa shape index (κ3) is 2.71. The van der Waals surface area contributed by atoms with Crippen LogP contribution in [0.25, 0.3) is 0 Å². The SMILES string of the molecule is CC(C)(C(Cl)Cl)C(Cl)Cl. The first kappa shape index (κ1) is 10.2. The Morgan fingerprint density at radius 2 is 1.11 bits per heavy atom. The summed E-state index contributed by atoms with van der Waals surface area (Å²) in [5.74, 6) is 0. The molecule has 0 heterocycles. The molecule has 0 N–H and O–H groups in total. The molecular weight excluding hydrogens is 202 g/mol. The largest absolute Gasteiger partial charge is 0.115 e. The zero-order valence-electron chi connectivity index (χ0n) is 5.17. The molecule has 0 amide bonds. The number of hydrogen-bond acceptors (Lipinski definition) is 0. The molecule has 0 nitrogen and oxygen atoms in total. The zero-order chi connectivity index (χ0) is 7.65. The van der Waals surface area contributed by atoms with Crippen molar-refractivity contribution in [1.29, 1.82) is 0 Å². The Balaban J connectivity index is 4.01. The summed E-state index contributed by atoms with van der Waals surface area (Å²) in [6, 6.07) is 0. The summed E-state index contributed by atoms with van der Waals surface area (Å²) >= 11 is 22.2. The van der Waals surface area contributed by atoms with Gasteiger partial charge in [0.2, 0.25) is 0 Å². The Morgan fingerprint density at radius 1 is 0.889 bits per heavy atom. The van der Waals surface area contributed by atoms with Crippen molar-refractivity contribution in [3.8, 4) is 0 Å². The maximum atomic E-state index is 5.56. The van der Waals surface area contributed by atoms with Gasteiger partial charge in [-0.25, -0.2) is 0 Å². The van der Waals surface area contributed by atoms with Crippen LogP contribution in [0.4, 0.5) is 0 Å². The Bertz CT molecular complexity index is 77.0. The molecule has 0 saturated heterocycles. The molecule has 0 radical (unpaired) electrons. The third-order valence-electron chi connectivity index (χ3n) is 1.12. The molecule has 0 bridgehead atoms. The average molecular weight is 210 g/mol. The summed E-state index contributed by atoms with van der Waals surface area (Å²) in [7, 11) is 0. The highest BCUT2D eigenvalue weighted by Gasteiger charge is 2.32. The summed E-state index contributed by atoms with van der Waals surface area (Å²) in [4.78, 5) is -1.06. The van der Waals surface area contributed by atoms with Crippen LogP contribution in [0.5, 0.6) is 0 Å². The van der Waals surface area contributed by atoms with Crippen LogP contribution in [-0.2, 0) is 0 Å². The van der Waals surface area contributed by atoms with Gasteiger partial charge in [0.15, 0.2) is 0 Å². The van der Waals surface area contributed by atoms with Crippen LogP contribution in [0.15, 0.2) is 0 Å². The Kier molecular flexibility index (Phi) is 3.98. The van der Waals surface area contributed by atoms with Crippen LogP contribution in [0.1, 0.15) is 13.8 Å². The van der Waals surface area contributed by atoms with Crippen molar-refractivity contribution in [3.63, 3.8) is 0 Å². The first-order valence-electron chi connectivity index (χ1n) is 2.45. The number of hydrogen-bond donors (Lipinski definition) is 0. The lowest BCUT2D eigenvalue weighted by Gasteiger charge is -2.26. The monoisotopic (exact) mass is 208 g/mol. The third-order valence-corrected chi connectivity index (χ3v) is 3.37. The van der Waals surface area contributed by atoms with Gasteiger partial charge in [-0.2, -0.15) is 0 Å². The van der Waals surface area contributed by atoms with Gasteiger partial charge in [-0.15, -0.1) is 46.4 Å². The maximum Gasteiger partial charge on any atom is 0.115 e. The molecule has 0 aliphatic rings. The van der Waals surface area contributed by atoms with E-state index in [0.717, 1.165) is 0 Å². The molecule has 0 fully saturated rings. The summed E-state index contributed by atoms with van der Waals surface area (Å²) < 4.78 is 0. The van der Waals surface area contributed by atoms with Gasteiger partial charge in [0, 0.05) is 5.41 Å². The van der Waals surface area contributed by atoms with Gasteiger partial charge in [0.05, 0.1) is 0 Å². The highest BCUT2D eigenvalue weighted by atomic mass is 35.5. The van der Waals surface area contributed by atoms with Gasteiger partial charge in [-0.05, 0) is 0 Å². The summed E-state index contributed by atoms with van der Waals surface area (Å²) in [6.07, 6.45) is 0. The van der Waals surface area contributed by atoms with Gasteiger partial charge in [0.1, 0.15) is 9.67 Å². The fraction of sp³-hybridized carbons (Fsp3) is 1.00. The number of alkyl halides is 4. The molecular formula is C5H8Cl4. The predicted molar refractivity (Wildman–Crippen MR) is 44.8 cm³/mol. The smallest absolute Gasteiger partial charge is 0.105 e. The first-order chi connectivity index (χ1) is 3.89. The molecule has 56 valence electrons. The van der Waals surface area contributed by atoms with Crippen LogP contribution in [0.3, 0.4) is 0 Å². The molecule has 0 aromatic rings. The fourth-order valence-corrected chi connectivity index (χ4v) is 0.857. The van der Waals surface area contributed by atoms with Gasteiger partial charge in [-0.1, -0.05) is 13.8 Å². The second-order valence-corrected chi connectivity index (χ2v) is 4.62. The molecule has 0 aliphatic heterocycles. The predicted octanol–water partition coefficient (Wildman–Crippen LogP) is 3.62. The van der Waals surface area contributed by atoms with Crippen LogP contribution in [0, 0.1) is 5.41 Å². The first-order valence-corrected chi connectivity index (χ1v) is 4.20. The van der Waals surface area contributed by atoms with Crippen LogP contribution in [-0.4, -0.2) is 9.67 Å². The van der Waals surface area contributed by atoms with Gasteiger partial charge in [0.25, 0.3) is 0 Å². The van der Waals surface area contributed by atoms with Crippen molar-refractivity contribution in [1.82, 2.24) is 0 Å². The average Bonchev–Trinajstić information content (AvgIpc) is 1.65. The van der Waals surface area contributed by atoms with Gasteiger partial charge >= 0.3 is 0 Å². The minimum Gasteiger partial charge on any atom is -0.105 e. The minimum absolute atomic E-state index is 0.438. The quantitative estimate of drug-likeness (QED) is 0.610. The van der Waals surface area contributed by atoms with Crippen molar-refractivity contribution in [2.24, 2.45) is 5.41 Å².